The van der Waals surface area contributed by atoms with Gasteiger partial charge in [-0.1, -0.05) is 6.07 Å². The summed E-state index contributed by atoms with van der Waals surface area (Å²) in [5.41, 5.74) is 0.738. The molecule has 0 aliphatic heterocycles. The average Bonchev–Trinajstić information content (AvgIpc) is 3.17. The zero-order chi connectivity index (χ0) is 19.6. The number of ether oxygens (including phenoxy) is 3. The first-order valence-electron chi connectivity index (χ1n) is 8.46. The maximum absolute atomic E-state index is 11.8. The topological polar surface area (TPSA) is 87.0 Å². The Hall–Kier alpha value is -3.22. The Kier molecular flexibility index (Phi) is 7.49. The smallest absolute Gasteiger partial charge is 0.331 e. The van der Waals surface area contributed by atoms with Crippen LogP contribution >= 0.6 is 0 Å². The van der Waals surface area contributed by atoms with Crippen LogP contribution < -0.4 is 14.8 Å². The van der Waals surface area contributed by atoms with Gasteiger partial charge in [0.2, 0.25) is 0 Å². The normalized spacial score (nSPS) is 10.8. The Morgan fingerprint density at radius 2 is 2.04 bits per heavy atom. The second kappa shape index (κ2) is 10.1. The molecule has 144 valence electrons. The molecule has 7 heteroatoms. The number of benzene rings is 1. The summed E-state index contributed by atoms with van der Waals surface area (Å²) in [4.78, 5) is 23.4. The highest BCUT2D eigenvalue weighted by Gasteiger charge is 2.08. The van der Waals surface area contributed by atoms with Crippen LogP contribution in [0.1, 0.15) is 25.2 Å². The van der Waals surface area contributed by atoms with Crippen LogP contribution in [0.2, 0.25) is 0 Å². The fourth-order valence-corrected chi connectivity index (χ4v) is 2.14. The molecule has 7 nitrogen and oxygen atoms in total. The van der Waals surface area contributed by atoms with Crippen LogP contribution in [0.25, 0.3) is 6.08 Å². The molecule has 0 saturated heterocycles. The van der Waals surface area contributed by atoms with Gasteiger partial charge in [-0.15, -0.1) is 0 Å². The van der Waals surface area contributed by atoms with Gasteiger partial charge in [0.15, 0.2) is 18.1 Å². The third-order valence-corrected chi connectivity index (χ3v) is 3.35. The zero-order valence-electron chi connectivity index (χ0n) is 15.6. The minimum Gasteiger partial charge on any atom is -0.493 e. The van der Waals surface area contributed by atoms with Crippen molar-refractivity contribution in [3.63, 3.8) is 0 Å². The van der Waals surface area contributed by atoms with Crippen molar-refractivity contribution in [2.75, 3.05) is 13.7 Å². The van der Waals surface area contributed by atoms with Gasteiger partial charge in [0.1, 0.15) is 5.76 Å². The van der Waals surface area contributed by atoms with Crippen LogP contribution in [0, 0.1) is 0 Å². The third kappa shape index (κ3) is 6.89. The third-order valence-electron chi connectivity index (χ3n) is 3.35. The molecule has 2 rings (SSSR count). The van der Waals surface area contributed by atoms with Crippen molar-refractivity contribution in [1.29, 1.82) is 0 Å². The van der Waals surface area contributed by atoms with E-state index in [4.69, 9.17) is 18.6 Å². The molecular formula is C20H23NO6. The lowest BCUT2D eigenvalue weighted by Gasteiger charge is -2.13. The van der Waals surface area contributed by atoms with Gasteiger partial charge >= 0.3 is 5.97 Å². The summed E-state index contributed by atoms with van der Waals surface area (Å²) in [5.74, 6) is 0.778. The summed E-state index contributed by atoms with van der Waals surface area (Å²) in [6.45, 7) is 3.72. The van der Waals surface area contributed by atoms with Crippen LogP contribution in [-0.4, -0.2) is 31.7 Å². The summed E-state index contributed by atoms with van der Waals surface area (Å²) >= 11 is 0. The number of methoxy groups -OCH3 is 1. The number of esters is 1. The fraction of sp³-hybridized carbons (Fsp3) is 0.300. The molecule has 1 N–H and O–H groups in total. The van der Waals surface area contributed by atoms with E-state index >= 15 is 0 Å². The lowest BCUT2D eigenvalue weighted by molar-refractivity contribution is -0.143. The molecule has 2 aromatic rings. The Balaban J connectivity index is 1.82. The molecule has 1 aromatic heterocycles. The van der Waals surface area contributed by atoms with Gasteiger partial charge in [0.05, 0.1) is 26.0 Å². The van der Waals surface area contributed by atoms with Gasteiger partial charge in [-0.05, 0) is 49.8 Å². The predicted molar refractivity (Wildman–Crippen MR) is 99.3 cm³/mol. The Morgan fingerprint density at radius 3 is 2.70 bits per heavy atom. The lowest BCUT2D eigenvalue weighted by atomic mass is 10.2. The number of amides is 1. The van der Waals surface area contributed by atoms with Crippen LogP contribution in [0.3, 0.4) is 0 Å². The van der Waals surface area contributed by atoms with E-state index < -0.39 is 11.9 Å². The summed E-state index contributed by atoms with van der Waals surface area (Å²) in [6, 6.07) is 8.77. The number of carbonyl (C=O) groups is 2. The highest BCUT2D eigenvalue weighted by Crippen LogP contribution is 2.29. The monoisotopic (exact) mass is 373 g/mol. The van der Waals surface area contributed by atoms with Crippen LogP contribution in [0.5, 0.6) is 11.5 Å². The molecule has 27 heavy (non-hydrogen) atoms. The molecule has 0 spiro atoms. The van der Waals surface area contributed by atoms with Gasteiger partial charge in [-0.3, -0.25) is 4.79 Å². The number of hydrogen-bond acceptors (Lipinski definition) is 6. The Morgan fingerprint density at radius 1 is 1.22 bits per heavy atom. The second-order valence-corrected chi connectivity index (χ2v) is 5.87. The van der Waals surface area contributed by atoms with E-state index in [1.165, 1.54) is 12.3 Å². The molecule has 0 fully saturated rings. The average molecular weight is 373 g/mol. The number of nitrogens with one attached hydrogen (secondary N) is 1. The number of hydrogen-bond donors (Lipinski definition) is 1. The highest BCUT2D eigenvalue weighted by atomic mass is 16.5. The van der Waals surface area contributed by atoms with Gasteiger partial charge in [-0.2, -0.15) is 0 Å². The first kappa shape index (κ1) is 20.1. The minimum atomic E-state index is -0.621. The van der Waals surface area contributed by atoms with Crippen LogP contribution in [-0.2, 0) is 20.9 Å². The van der Waals surface area contributed by atoms with Gasteiger partial charge in [-0.25, -0.2) is 4.79 Å². The standard InChI is InChI=1S/C20H23NO6/c1-14(2)27-17-8-6-15(11-18(17)24-3)7-9-20(23)26-13-19(22)21-12-16-5-4-10-25-16/h4-11,14H,12-13H2,1-3H3,(H,21,22)/b9-7+. The van der Waals surface area contributed by atoms with E-state index in [-0.39, 0.29) is 19.3 Å². The molecule has 1 amide bonds. The maximum Gasteiger partial charge on any atom is 0.331 e. The summed E-state index contributed by atoms with van der Waals surface area (Å²) in [7, 11) is 1.55. The highest BCUT2D eigenvalue weighted by molar-refractivity contribution is 5.89. The zero-order valence-corrected chi connectivity index (χ0v) is 15.6. The quantitative estimate of drug-likeness (QED) is 0.537. The van der Waals surface area contributed by atoms with E-state index in [2.05, 4.69) is 5.32 Å². The van der Waals surface area contributed by atoms with Crippen LogP contribution in [0.15, 0.2) is 47.1 Å². The number of rotatable bonds is 9. The number of furan rings is 1. The first-order valence-corrected chi connectivity index (χ1v) is 8.46. The van der Waals surface area contributed by atoms with E-state index in [0.717, 1.165) is 5.56 Å². The summed E-state index contributed by atoms with van der Waals surface area (Å²) in [6.07, 6.45) is 4.36. The van der Waals surface area contributed by atoms with E-state index in [9.17, 15) is 9.59 Å². The molecular weight excluding hydrogens is 350 g/mol. The van der Waals surface area contributed by atoms with E-state index in [1.807, 2.05) is 13.8 Å². The van der Waals surface area contributed by atoms with Gasteiger partial charge in [0, 0.05) is 6.08 Å². The largest absolute Gasteiger partial charge is 0.493 e. The van der Waals surface area contributed by atoms with Crippen molar-refractivity contribution in [2.24, 2.45) is 0 Å². The molecule has 0 aliphatic carbocycles. The molecule has 0 aliphatic rings. The van der Waals surface area contributed by atoms with Crippen molar-refractivity contribution >= 4 is 18.0 Å². The van der Waals surface area contributed by atoms with Gasteiger partial charge in [0.25, 0.3) is 5.91 Å². The van der Waals surface area contributed by atoms with Crippen molar-refractivity contribution in [3.8, 4) is 11.5 Å². The number of carbonyl (C=O) groups excluding carboxylic acids is 2. The molecule has 0 unspecified atom stereocenters. The minimum absolute atomic E-state index is 0.0224. The SMILES string of the molecule is COc1cc(/C=C/C(=O)OCC(=O)NCc2ccco2)ccc1OC(C)C. The molecule has 0 atom stereocenters. The molecule has 0 radical (unpaired) electrons. The second-order valence-electron chi connectivity index (χ2n) is 5.87. The van der Waals surface area contributed by atoms with Crippen molar-refractivity contribution in [2.45, 2.75) is 26.5 Å². The first-order chi connectivity index (χ1) is 13.0. The Bertz CT molecular complexity index is 780. The van der Waals surface area contributed by atoms with Crippen molar-refractivity contribution in [3.05, 3.63) is 54.0 Å². The van der Waals surface area contributed by atoms with E-state index in [0.29, 0.717) is 17.3 Å². The lowest BCUT2D eigenvalue weighted by Crippen LogP contribution is -2.27. The predicted octanol–water partition coefficient (Wildman–Crippen LogP) is 2.95. The van der Waals surface area contributed by atoms with E-state index in [1.54, 1.807) is 43.5 Å². The molecule has 1 aromatic carbocycles. The van der Waals surface area contributed by atoms with Crippen molar-refractivity contribution in [1.82, 2.24) is 5.32 Å². The summed E-state index contributed by atoms with van der Waals surface area (Å²) < 4.78 is 20.9. The molecule has 0 saturated carbocycles. The Labute approximate surface area is 157 Å². The summed E-state index contributed by atoms with van der Waals surface area (Å²) in [5, 5.41) is 2.59. The van der Waals surface area contributed by atoms with Gasteiger partial charge < -0.3 is 23.9 Å². The molecule has 1 heterocycles. The van der Waals surface area contributed by atoms with Crippen molar-refractivity contribution < 1.29 is 28.2 Å². The maximum atomic E-state index is 11.8. The fourth-order valence-electron chi connectivity index (χ4n) is 2.14. The van der Waals surface area contributed by atoms with Crippen LogP contribution in [0.4, 0.5) is 0 Å². The molecule has 0 bridgehead atoms.